The van der Waals surface area contributed by atoms with Gasteiger partial charge in [0, 0.05) is 11.6 Å². The van der Waals surface area contributed by atoms with Gasteiger partial charge in [-0.1, -0.05) is 0 Å². The topological polar surface area (TPSA) is 66.8 Å². The highest BCUT2D eigenvalue weighted by atomic mass is 19.1. The van der Waals surface area contributed by atoms with Crippen molar-refractivity contribution in [1.29, 1.82) is 0 Å². The zero-order chi connectivity index (χ0) is 11.4. The number of halogens is 1. The Kier molecular flexibility index (Phi) is 3.62. The lowest BCUT2D eigenvalue weighted by atomic mass is 10.1. The first-order valence-electron chi connectivity index (χ1n) is 4.39. The highest BCUT2D eigenvalue weighted by Gasteiger charge is 2.20. The van der Waals surface area contributed by atoms with E-state index >= 15 is 0 Å². The summed E-state index contributed by atoms with van der Waals surface area (Å²) in [4.78, 5) is 10.4. The van der Waals surface area contributed by atoms with Crippen molar-refractivity contribution in [3.8, 4) is 5.75 Å². The molecule has 0 heterocycles. The first-order chi connectivity index (χ1) is 7.06. The molecule has 0 spiro atoms. The minimum atomic E-state index is -1.85. The molecule has 0 bridgehead atoms. The molecule has 15 heavy (non-hydrogen) atoms. The summed E-state index contributed by atoms with van der Waals surface area (Å²) in [6.07, 6.45) is -1.85. The van der Waals surface area contributed by atoms with E-state index in [1.165, 1.54) is 12.1 Å². The number of hydrogen-bond donors (Lipinski definition) is 2. The largest absolute Gasteiger partial charge is 0.494 e. The number of aliphatic carboxylic acids is 1. The molecule has 0 saturated heterocycles. The normalized spacial score (nSPS) is 12.2. The van der Waals surface area contributed by atoms with Crippen LogP contribution in [0.5, 0.6) is 5.75 Å². The van der Waals surface area contributed by atoms with E-state index in [0.717, 1.165) is 6.07 Å². The number of carboxylic acid groups (broad SMARTS) is 1. The fraction of sp³-hybridized carbons (Fsp3) is 0.300. The van der Waals surface area contributed by atoms with Gasteiger partial charge in [0.1, 0.15) is 11.6 Å². The number of hydrogen-bond acceptors (Lipinski definition) is 3. The van der Waals surface area contributed by atoms with Crippen molar-refractivity contribution in [2.75, 3.05) is 6.61 Å². The summed E-state index contributed by atoms with van der Waals surface area (Å²) in [5, 5.41) is 17.6. The van der Waals surface area contributed by atoms with E-state index in [9.17, 15) is 9.18 Å². The van der Waals surface area contributed by atoms with Crippen molar-refractivity contribution in [1.82, 2.24) is 0 Å². The predicted molar refractivity (Wildman–Crippen MR) is 50.2 cm³/mol. The Morgan fingerprint density at radius 3 is 2.73 bits per heavy atom. The Labute approximate surface area is 85.9 Å². The highest BCUT2D eigenvalue weighted by molar-refractivity contribution is 5.74. The van der Waals surface area contributed by atoms with Crippen molar-refractivity contribution >= 4 is 5.97 Å². The van der Waals surface area contributed by atoms with Crippen molar-refractivity contribution in [3.05, 3.63) is 29.6 Å². The van der Waals surface area contributed by atoms with Crippen LogP contribution in [0.3, 0.4) is 0 Å². The number of ether oxygens (including phenoxy) is 1. The molecule has 1 aromatic rings. The summed E-state index contributed by atoms with van der Waals surface area (Å²) in [5.74, 6) is -1.98. The van der Waals surface area contributed by atoms with Crippen LogP contribution in [-0.2, 0) is 4.79 Å². The van der Waals surface area contributed by atoms with E-state index in [1.54, 1.807) is 6.92 Å². The maximum Gasteiger partial charge on any atom is 0.337 e. The zero-order valence-corrected chi connectivity index (χ0v) is 8.11. The van der Waals surface area contributed by atoms with E-state index in [1.807, 2.05) is 0 Å². The standard InChI is InChI=1S/C10H11FO4/c1-2-15-6-3-4-7(8(11)5-6)9(12)10(13)14/h3-5,9,12H,2H2,1H3,(H,13,14). The molecular weight excluding hydrogens is 203 g/mol. The van der Waals surface area contributed by atoms with Crippen LogP contribution in [0, 0.1) is 5.82 Å². The van der Waals surface area contributed by atoms with Gasteiger partial charge in [-0.3, -0.25) is 0 Å². The van der Waals surface area contributed by atoms with Crippen LogP contribution in [0.4, 0.5) is 4.39 Å². The van der Waals surface area contributed by atoms with Gasteiger partial charge in [-0.25, -0.2) is 9.18 Å². The highest BCUT2D eigenvalue weighted by Crippen LogP contribution is 2.22. The fourth-order valence-electron chi connectivity index (χ4n) is 1.12. The first-order valence-corrected chi connectivity index (χ1v) is 4.39. The van der Waals surface area contributed by atoms with Crippen LogP contribution < -0.4 is 4.74 Å². The lowest BCUT2D eigenvalue weighted by Crippen LogP contribution is -2.12. The van der Waals surface area contributed by atoms with E-state index in [-0.39, 0.29) is 5.56 Å². The molecule has 1 rings (SSSR count). The lowest BCUT2D eigenvalue weighted by molar-refractivity contribution is -0.147. The van der Waals surface area contributed by atoms with Crippen LogP contribution in [0.15, 0.2) is 18.2 Å². The Balaban J connectivity index is 2.97. The van der Waals surface area contributed by atoms with Gasteiger partial charge in [-0.05, 0) is 19.1 Å². The minimum absolute atomic E-state index is 0.272. The Morgan fingerprint density at radius 2 is 2.27 bits per heavy atom. The number of aliphatic hydroxyl groups is 1. The molecule has 0 amide bonds. The third-order valence-electron chi connectivity index (χ3n) is 1.81. The van der Waals surface area contributed by atoms with Gasteiger partial charge in [-0.15, -0.1) is 0 Å². The zero-order valence-electron chi connectivity index (χ0n) is 8.11. The van der Waals surface area contributed by atoms with E-state index in [4.69, 9.17) is 14.9 Å². The molecule has 2 N–H and O–H groups in total. The van der Waals surface area contributed by atoms with E-state index in [2.05, 4.69) is 0 Å². The summed E-state index contributed by atoms with van der Waals surface area (Å²) in [6.45, 7) is 2.14. The van der Waals surface area contributed by atoms with Gasteiger partial charge < -0.3 is 14.9 Å². The van der Waals surface area contributed by atoms with Crippen LogP contribution in [0.1, 0.15) is 18.6 Å². The summed E-state index contributed by atoms with van der Waals surface area (Å²) >= 11 is 0. The second-order valence-electron chi connectivity index (χ2n) is 2.86. The molecule has 0 aromatic heterocycles. The van der Waals surface area contributed by atoms with Crippen molar-refractivity contribution < 1.29 is 24.1 Å². The maximum atomic E-state index is 13.3. The van der Waals surface area contributed by atoms with Gasteiger partial charge in [0.15, 0.2) is 6.10 Å². The molecule has 5 heteroatoms. The molecule has 82 valence electrons. The number of rotatable bonds is 4. The van der Waals surface area contributed by atoms with Gasteiger partial charge in [0.25, 0.3) is 0 Å². The van der Waals surface area contributed by atoms with Crippen LogP contribution >= 0.6 is 0 Å². The molecule has 0 saturated carbocycles. The lowest BCUT2D eigenvalue weighted by Gasteiger charge is -2.09. The van der Waals surface area contributed by atoms with Crippen molar-refractivity contribution in [2.45, 2.75) is 13.0 Å². The Bertz CT molecular complexity index is 364. The van der Waals surface area contributed by atoms with Crippen LogP contribution in [0.25, 0.3) is 0 Å². The first kappa shape index (κ1) is 11.5. The molecule has 4 nitrogen and oxygen atoms in total. The molecule has 0 aliphatic rings. The smallest absolute Gasteiger partial charge is 0.337 e. The summed E-state index contributed by atoms with van der Waals surface area (Å²) < 4.78 is 18.3. The molecule has 1 atom stereocenters. The molecule has 0 fully saturated rings. The molecular formula is C10H11FO4. The second kappa shape index (κ2) is 4.75. The molecule has 0 aliphatic heterocycles. The van der Waals surface area contributed by atoms with Gasteiger partial charge >= 0.3 is 5.97 Å². The average Bonchev–Trinajstić information content (AvgIpc) is 2.17. The Morgan fingerprint density at radius 1 is 1.60 bits per heavy atom. The number of carboxylic acids is 1. The number of carbonyl (C=O) groups is 1. The third-order valence-corrected chi connectivity index (χ3v) is 1.81. The summed E-state index contributed by atoms with van der Waals surface area (Å²) in [5.41, 5.74) is -0.272. The quantitative estimate of drug-likeness (QED) is 0.793. The van der Waals surface area contributed by atoms with Crippen molar-refractivity contribution in [3.63, 3.8) is 0 Å². The monoisotopic (exact) mass is 214 g/mol. The molecule has 0 aliphatic carbocycles. The Hall–Kier alpha value is -1.62. The predicted octanol–water partition coefficient (Wildman–Crippen LogP) is 1.34. The van der Waals surface area contributed by atoms with Crippen molar-refractivity contribution in [2.24, 2.45) is 0 Å². The summed E-state index contributed by atoms with van der Waals surface area (Å²) in [7, 11) is 0. The van der Waals surface area contributed by atoms with Crippen LogP contribution in [-0.4, -0.2) is 22.8 Å². The maximum absolute atomic E-state index is 13.3. The third kappa shape index (κ3) is 2.66. The van der Waals surface area contributed by atoms with Crippen LogP contribution in [0.2, 0.25) is 0 Å². The molecule has 1 aromatic carbocycles. The minimum Gasteiger partial charge on any atom is -0.494 e. The fourth-order valence-corrected chi connectivity index (χ4v) is 1.12. The average molecular weight is 214 g/mol. The van der Waals surface area contributed by atoms with Gasteiger partial charge in [0.05, 0.1) is 6.61 Å². The number of benzene rings is 1. The second-order valence-corrected chi connectivity index (χ2v) is 2.86. The molecule has 1 unspecified atom stereocenters. The van der Waals surface area contributed by atoms with E-state index < -0.39 is 17.9 Å². The SMILES string of the molecule is CCOc1ccc(C(O)C(=O)O)c(F)c1. The molecule has 0 radical (unpaired) electrons. The summed E-state index contributed by atoms with van der Waals surface area (Å²) in [6, 6.07) is 3.65. The number of aliphatic hydroxyl groups excluding tert-OH is 1. The van der Waals surface area contributed by atoms with Gasteiger partial charge in [-0.2, -0.15) is 0 Å². The van der Waals surface area contributed by atoms with E-state index in [0.29, 0.717) is 12.4 Å². The van der Waals surface area contributed by atoms with Gasteiger partial charge in [0.2, 0.25) is 0 Å².